The molecule has 2 rings (SSSR count). The molecule has 2 nitrogen and oxygen atoms in total. The third kappa shape index (κ3) is 2.20. The summed E-state index contributed by atoms with van der Waals surface area (Å²) in [6.07, 6.45) is 1.97. The van der Waals surface area contributed by atoms with Crippen molar-refractivity contribution < 1.29 is 4.74 Å². The van der Waals surface area contributed by atoms with Gasteiger partial charge in [-0.1, -0.05) is 18.2 Å². The van der Waals surface area contributed by atoms with Gasteiger partial charge in [0.15, 0.2) is 0 Å². The highest BCUT2D eigenvalue weighted by Gasteiger charge is 2.11. The van der Waals surface area contributed by atoms with Crippen LogP contribution in [0.5, 0.6) is 5.75 Å². The van der Waals surface area contributed by atoms with E-state index in [9.17, 15) is 0 Å². The number of aromatic nitrogens is 1. The maximum atomic E-state index is 6.30. The van der Waals surface area contributed by atoms with Gasteiger partial charge in [-0.25, -0.2) is 4.98 Å². The monoisotopic (exact) mass is 279 g/mol. The van der Waals surface area contributed by atoms with Crippen molar-refractivity contribution in [2.24, 2.45) is 0 Å². The average molecular weight is 280 g/mol. The van der Waals surface area contributed by atoms with Crippen molar-refractivity contribution in [1.29, 1.82) is 0 Å². The molecular formula is C14H14ClNOS. The minimum absolute atomic E-state index is 0.691. The molecule has 0 saturated heterocycles. The van der Waals surface area contributed by atoms with Crippen molar-refractivity contribution in [2.75, 3.05) is 13.4 Å². The molecule has 0 bridgehead atoms. The van der Waals surface area contributed by atoms with Gasteiger partial charge in [-0.05, 0) is 31.4 Å². The lowest BCUT2D eigenvalue weighted by Crippen LogP contribution is -1.94. The van der Waals surface area contributed by atoms with Gasteiger partial charge in [0.05, 0.1) is 23.3 Å². The predicted molar refractivity (Wildman–Crippen MR) is 80.6 cm³/mol. The Bertz CT molecular complexity index is 625. The van der Waals surface area contributed by atoms with E-state index in [1.165, 1.54) is 0 Å². The zero-order valence-electron chi connectivity index (χ0n) is 10.6. The van der Waals surface area contributed by atoms with E-state index in [-0.39, 0.29) is 0 Å². The molecule has 0 spiro atoms. The number of nitrogens with zero attached hydrogens (tertiary/aromatic N) is 1. The Morgan fingerprint density at radius 2 is 2.17 bits per heavy atom. The Balaban J connectivity index is 2.76. The lowest BCUT2D eigenvalue weighted by molar-refractivity contribution is 0.412. The second-order valence-electron chi connectivity index (χ2n) is 3.91. The number of methoxy groups -OCH3 is 1. The fourth-order valence-electron chi connectivity index (χ4n) is 1.84. The Morgan fingerprint density at radius 3 is 2.78 bits per heavy atom. The highest BCUT2D eigenvalue weighted by atomic mass is 35.5. The number of fused-ring (bicyclic) bond motifs is 1. The number of hydrogen-bond donors (Lipinski definition) is 0. The van der Waals surface area contributed by atoms with Crippen molar-refractivity contribution in [3.05, 3.63) is 41.1 Å². The van der Waals surface area contributed by atoms with E-state index in [0.29, 0.717) is 5.02 Å². The summed E-state index contributed by atoms with van der Waals surface area (Å²) >= 11 is 7.86. The molecule has 0 fully saturated rings. The minimum Gasteiger partial charge on any atom is -0.496 e. The first-order chi connectivity index (χ1) is 8.58. The number of halogens is 1. The predicted octanol–water partition coefficient (Wildman–Crippen LogP) is 4.54. The van der Waals surface area contributed by atoms with Crippen LogP contribution in [0.1, 0.15) is 11.3 Å². The summed E-state index contributed by atoms with van der Waals surface area (Å²) in [7, 11) is 1.65. The third-order valence-corrected chi connectivity index (χ3v) is 3.90. The van der Waals surface area contributed by atoms with Crippen LogP contribution >= 0.6 is 23.4 Å². The van der Waals surface area contributed by atoms with Gasteiger partial charge in [-0.2, -0.15) is 0 Å². The van der Waals surface area contributed by atoms with E-state index in [2.05, 4.69) is 11.6 Å². The lowest BCUT2D eigenvalue weighted by atomic mass is 10.1. The topological polar surface area (TPSA) is 22.1 Å². The zero-order valence-corrected chi connectivity index (χ0v) is 12.2. The van der Waals surface area contributed by atoms with Crippen LogP contribution in [0.15, 0.2) is 24.8 Å². The van der Waals surface area contributed by atoms with Crippen molar-refractivity contribution in [2.45, 2.75) is 6.92 Å². The van der Waals surface area contributed by atoms with Gasteiger partial charge < -0.3 is 4.74 Å². The molecule has 94 valence electrons. The van der Waals surface area contributed by atoms with Crippen LogP contribution in [0.4, 0.5) is 0 Å². The molecule has 0 aliphatic carbocycles. The molecule has 1 aromatic carbocycles. The van der Waals surface area contributed by atoms with Gasteiger partial charge in [0.25, 0.3) is 0 Å². The number of aryl methyl sites for hydroxylation is 1. The molecule has 1 heterocycles. The largest absolute Gasteiger partial charge is 0.496 e. The Kier molecular flexibility index (Phi) is 3.83. The molecule has 0 saturated carbocycles. The summed E-state index contributed by atoms with van der Waals surface area (Å²) in [5.41, 5.74) is 2.68. The number of rotatable bonds is 3. The van der Waals surface area contributed by atoms with Crippen molar-refractivity contribution in [3.63, 3.8) is 0 Å². The first-order valence-electron chi connectivity index (χ1n) is 5.45. The number of ether oxygens (including phenoxy) is 1. The molecular weight excluding hydrogens is 266 g/mol. The van der Waals surface area contributed by atoms with Crippen molar-refractivity contribution in [3.8, 4) is 5.75 Å². The molecule has 0 amide bonds. The van der Waals surface area contributed by atoms with Gasteiger partial charge in [-0.15, -0.1) is 11.8 Å². The van der Waals surface area contributed by atoms with Crippen LogP contribution in [0.2, 0.25) is 5.02 Å². The highest BCUT2D eigenvalue weighted by Crippen LogP contribution is 2.33. The van der Waals surface area contributed by atoms with Gasteiger partial charge in [0.1, 0.15) is 5.75 Å². The summed E-state index contributed by atoms with van der Waals surface area (Å²) in [6, 6.07) is 5.70. The summed E-state index contributed by atoms with van der Waals surface area (Å²) in [5, 5.41) is 1.63. The van der Waals surface area contributed by atoms with E-state index in [0.717, 1.165) is 32.8 Å². The summed E-state index contributed by atoms with van der Waals surface area (Å²) in [5.74, 6) is 0.818. The lowest BCUT2D eigenvalue weighted by Gasteiger charge is -2.11. The molecule has 4 heteroatoms. The number of hydrogen-bond acceptors (Lipinski definition) is 3. The molecule has 1 aromatic heterocycles. The summed E-state index contributed by atoms with van der Waals surface area (Å²) in [4.78, 5) is 5.53. The van der Waals surface area contributed by atoms with Crippen LogP contribution in [-0.4, -0.2) is 18.3 Å². The molecule has 18 heavy (non-hydrogen) atoms. The van der Waals surface area contributed by atoms with E-state index in [1.54, 1.807) is 18.9 Å². The van der Waals surface area contributed by atoms with Crippen LogP contribution in [0.3, 0.4) is 0 Å². The zero-order chi connectivity index (χ0) is 13.3. The first-order valence-corrected chi connectivity index (χ1v) is 7.06. The second-order valence-corrected chi connectivity index (χ2v) is 5.21. The molecule has 0 N–H and O–H groups in total. The van der Waals surface area contributed by atoms with E-state index in [1.807, 2.05) is 31.4 Å². The Morgan fingerprint density at radius 1 is 1.44 bits per heavy atom. The smallest absolute Gasteiger partial charge is 0.123 e. The van der Waals surface area contributed by atoms with Crippen LogP contribution in [0.25, 0.3) is 15.8 Å². The number of pyridine rings is 1. The second kappa shape index (κ2) is 5.21. The summed E-state index contributed by atoms with van der Waals surface area (Å²) in [6.45, 7) is 5.96. The van der Waals surface area contributed by atoms with Gasteiger partial charge in [0.2, 0.25) is 0 Å². The van der Waals surface area contributed by atoms with Crippen LogP contribution in [0, 0.1) is 6.92 Å². The van der Waals surface area contributed by atoms with Crippen LogP contribution in [-0.2, 0) is 0 Å². The van der Waals surface area contributed by atoms with Gasteiger partial charge in [-0.3, -0.25) is 0 Å². The van der Waals surface area contributed by atoms with Crippen LogP contribution < -0.4 is 4.74 Å². The number of benzene rings is 1. The molecule has 0 aliphatic heterocycles. The molecule has 0 unspecified atom stereocenters. The average Bonchev–Trinajstić information content (AvgIpc) is 2.38. The number of thioether (sulfide) groups is 1. The quantitative estimate of drug-likeness (QED) is 0.823. The SMILES string of the molecule is C=C(SC)c1cc(Cl)c2ccc(OC)c(C)c2n1. The molecule has 2 aromatic rings. The molecule has 0 aliphatic rings. The fraction of sp³-hybridized carbons (Fsp3) is 0.214. The van der Waals surface area contributed by atoms with E-state index in [4.69, 9.17) is 16.3 Å². The Hall–Kier alpha value is -1.19. The van der Waals surface area contributed by atoms with Gasteiger partial charge >= 0.3 is 0 Å². The maximum absolute atomic E-state index is 6.30. The molecule has 0 radical (unpaired) electrons. The minimum atomic E-state index is 0.691. The highest BCUT2D eigenvalue weighted by molar-refractivity contribution is 8.07. The van der Waals surface area contributed by atoms with E-state index >= 15 is 0 Å². The van der Waals surface area contributed by atoms with Crippen molar-refractivity contribution in [1.82, 2.24) is 4.98 Å². The normalized spacial score (nSPS) is 10.7. The first kappa shape index (κ1) is 13.2. The fourth-order valence-corrected chi connectivity index (χ4v) is 2.41. The summed E-state index contributed by atoms with van der Waals surface area (Å²) < 4.78 is 5.31. The maximum Gasteiger partial charge on any atom is 0.123 e. The molecule has 0 atom stereocenters. The standard InChI is InChI=1S/C14H14ClNOS/c1-8-13(17-3)6-5-10-11(15)7-12(9(2)18-4)16-14(8)10/h5-7H,2H2,1,3-4H3. The van der Waals surface area contributed by atoms with Crippen molar-refractivity contribution >= 4 is 39.2 Å². The van der Waals surface area contributed by atoms with E-state index < -0.39 is 0 Å². The third-order valence-electron chi connectivity index (χ3n) is 2.89. The van der Waals surface area contributed by atoms with Gasteiger partial charge in [0, 0.05) is 15.9 Å². The Labute approximate surface area is 116 Å².